The van der Waals surface area contributed by atoms with E-state index in [9.17, 15) is 15.4 Å². The molecule has 0 aliphatic carbocycles. The number of nitrogen functional groups attached to an aromatic ring is 1. The molecule has 0 aliphatic heterocycles. The molecule has 118 valence electrons. The van der Waals surface area contributed by atoms with Crippen LogP contribution >= 0.6 is 11.6 Å². The lowest BCUT2D eigenvalue weighted by atomic mass is 10.1. The van der Waals surface area contributed by atoms with Crippen molar-refractivity contribution < 1.29 is 4.92 Å². The van der Waals surface area contributed by atoms with Crippen molar-refractivity contribution in [2.45, 2.75) is 0 Å². The first-order valence-corrected chi connectivity index (χ1v) is 7.30. The Kier molecular flexibility index (Phi) is 3.94. The molecule has 6 nitrogen and oxygen atoms in total. The molecule has 2 N–H and O–H groups in total. The Hall–Kier alpha value is -3.30. The molecule has 0 spiro atoms. The van der Waals surface area contributed by atoms with Crippen LogP contribution in [-0.2, 0) is 0 Å². The van der Waals surface area contributed by atoms with Gasteiger partial charge in [-0.1, -0.05) is 29.8 Å². The van der Waals surface area contributed by atoms with Gasteiger partial charge in [0, 0.05) is 40.3 Å². The molecule has 0 saturated heterocycles. The summed E-state index contributed by atoms with van der Waals surface area (Å²) in [6.07, 6.45) is 3.39. The molecule has 0 atom stereocenters. The summed E-state index contributed by atoms with van der Waals surface area (Å²) in [4.78, 5) is 10.3. The largest absolute Gasteiger partial charge is 0.393 e. The van der Waals surface area contributed by atoms with Gasteiger partial charge in [-0.3, -0.25) is 10.1 Å². The number of benzene rings is 2. The molecule has 3 rings (SSSR count). The Balaban J connectivity index is 2.12. The molecule has 0 saturated carbocycles. The number of nitriles is 1. The van der Waals surface area contributed by atoms with Crippen LogP contribution in [0.3, 0.4) is 0 Å². The Morgan fingerprint density at radius 3 is 2.54 bits per heavy atom. The van der Waals surface area contributed by atoms with Gasteiger partial charge in [0.25, 0.3) is 5.69 Å². The molecule has 0 fully saturated rings. The number of nitro benzene ring substituents is 1. The molecule has 2 aromatic carbocycles. The predicted molar refractivity (Wildman–Crippen MR) is 92.0 cm³/mol. The second-order valence-electron chi connectivity index (χ2n) is 5.08. The van der Waals surface area contributed by atoms with Gasteiger partial charge < -0.3 is 10.3 Å². The summed E-state index contributed by atoms with van der Waals surface area (Å²) in [6, 6.07) is 13.8. The van der Waals surface area contributed by atoms with Crippen LogP contribution in [0.2, 0.25) is 5.02 Å². The number of hydrogen-bond acceptors (Lipinski definition) is 4. The van der Waals surface area contributed by atoms with E-state index >= 15 is 0 Å². The summed E-state index contributed by atoms with van der Waals surface area (Å²) in [7, 11) is 0. The minimum Gasteiger partial charge on any atom is -0.393 e. The molecular weight excluding hydrogens is 328 g/mol. The second kappa shape index (κ2) is 6.07. The van der Waals surface area contributed by atoms with Crippen molar-refractivity contribution in [2.24, 2.45) is 0 Å². The van der Waals surface area contributed by atoms with E-state index in [-0.39, 0.29) is 11.4 Å². The molecule has 7 heteroatoms. The van der Waals surface area contributed by atoms with Gasteiger partial charge in [-0.15, -0.1) is 0 Å². The van der Waals surface area contributed by atoms with Crippen molar-refractivity contribution in [3.05, 3.63) is 75.6 Å². The summed E-state index contributed by atoms with van der Waals surface area (Å²) in [6.45, 7) is 0. The maximum Gasteiger partial charge on any atom is 0.292 e. The molecule has 1 aromatic heterocycles. The van der Waals surface area contributed by atoms with Crippen LogP contribution in [0.25, 0.3) is 16.8 Å². The number of nitrogens with zero attached hydrogens (tertiary/aromatic N) is 3. The van der Waals surface area contributed by atoms with Gasteiger partial charge in [0.2, 0.25) is 0 Å². The van der Waals surface area contributed by atoms with Crippen LogP contribution in [0.5, 0.6) is 0 Å². The molecule has 0 bridgehead atoms. The van der Waals surface area contributed by atoms with Crippen molar-refractivity contribution in [3.8, 4) is 22.9 Å². The molecule has 0 aliphatic rings. The van der Waals surface area contributed by atoms with Crippen molar-refractivity contribution in [1.82, 2.24) is 4.57 Å². The first-order chi connectivity index (χ1) is 11.5. The van der Waals surface area contributed by atoms with Crippen LogP contribution in [0.4, 0.5) is 11.4 Å². The van der Waals surface area contributed by atoms with Gasteiger partial charge in [0.1, 0.15) is 11.8 Å². The highest BCUT2D eigenvalue weighted by Gasteiger charge is 2.15. The smallest absolute Gasteiger partial charge is 0.292 e. The number of anilines is 1. The summed E-state index contributed by atoms with van der Waals surface area (Å²) in [5.41, 5.74) is 8.12. The minimum atomic E-state index is -0.537. The Morgan fingerprint density at radius 2 is 1.92 bits per heavy atom. The second-order valence-corrected chi connectivity index (χ2v) is 5.49. The van der Waals surface area contributed by atoms with E-state index in [4.69, 9.17) is 17.3 Å². The maximum absolute atomic E-state index is 10.9. The van der Waals surface area contributed by atoms with Gasteiger partial charge in [-0.25, -0.2) is 0 Å². The first-order valence-electron chi connectivity index (χ1n) is 6.92. The van der Waals surface area contributed by atoms with E-state index in [0.29, 0.717) is 21.8 Å². The Bertz CT molecular complexity index is 988. The number of halogens is 1. The molecule has 0 radical (unpaired) electrons. The third kappa shape index (κ3) is 2.69. The average Bonchev–Trinajstić information content (AvgIpc) is 2.99. The quantitative estimate of drug-likeness (QED) is 0.440. The van der Waals surface area contributed by atoms with E-state index in [1.807, 2.05) is 18.2 Å². The van der Waals surface area contributed by atoms with E-state index in [1.165, 1.54) is 12.1 Å². The fraction of sp³-hybridized carbons (Fsp3) is 0. The zero-order valence-electron chi connectivity index (χ0n) is 12.3. The Labute approximate surface area is 142 Å². The molecule has 0 unspecified atom stereocenters. The van der Waals surface area contributed by atoms with E-state index in [2.05, 4.69) is 6.07 Å². The minimum absolute atomic E-state index is 0.0593. The summed E-state index contributed by atoms with van der Waals surface area (Å²) >= 11 is 6.21. The molecular formula is C17H11ClN4O2. The van der Waals surface area contributed by atoms with Crippen molar-refractivity contribution in [1.29, 1.82) is 5.26 Å². The number of hydrogen-bond donors (Lipinski definition) is 1. The molecule has 0 amide bonds. The van der Waals surface area contributed by atoms with Crippen LogP contribution in [0.1, 0.15) is 5.56 Å². The van der Waals surface area contributed by atoms with E-state index in [1.54, 1.807) is 29.1 Å². The topological polar surface area (TPSA) is 97.9 Å². The molecule has 1 heterocycles. The zero-order chi connectivity index (χ0) is 17.3. The van der Waals surface area contributed by atoms with Crippen molar-refractivity contribution in [3.63, 3.8) is 0 Å². The lowest BCUT2D eigenvalue weighted by Crippen LogP contribution is -1.98. The number of aromatic nitrogens is 1. The van der Waals surface area contributed by atoms with Crippen LogP contribution in [0, 0.1) is 21.4 Å². The monoisotopic (exact) mass is 338 g/mol. The summed E-state index contributed by atoms with van der Waals surface area (Å²) < 4.78 is 1.69. The van der Waals surface area contributed by atoms with Crippen LogP contribution in [-0.4, -0.2) is 9.49 Å². The third-order valence-electron chi connectivity index (χ3n) is 3.62. The van der Waals surface area contributed by atoms with Crippen LogP contribution < -0.4 is 5.73 Å². The van der Waals surface area contributed by atoms with Gasteiger partial charge in [0.05, 0.1) is 10.5 Å². The van der Waals surface area contributed by atoms with Gasteiger partial charge in [-0.2, -0.15) is 5.26 Å². The standard InChI is InChI=1S/C17H11ClN4O2/c18-15-4-2-1-3-13(15)14-10-21(9-11(14)8-19)12-5-6-17(22(23)24)16(20)7-12/h1-7,9-10H,20H2. The first kappa shape index (κ1) is 15.6. The lowest BCUT2D eigenvalue weighted by molar-refractivity contribution is -0.383. The molecule has 24 heavy (non-hydrogen) atoms. The molecule has 3 aromatic rings. The average molecular weight is 339 g/mol. The fourth-order valence-corrected chi connectivity index (χ4v) is 2.69. The highest BCUT2D eigenvalue weighted by molar-refractivity contribution is 6.33. The third-order valence-corrected chi connectivity index (χ3v) is 3.95. The van der Waals surface area contributed by atoms with Gasteiger partial charge in [-0.05, 0) is 18.2 Å². The van der Waals surface area contributed by atoms with Crippen molar-refractivity contribution >= 4 is 23.0 Å². The van der Waals surface area contributed by atoms with Crippen molar-refractivity contribution in [2.75, 3.05) is 5.73 Å². The van der Waals surface area contributed by atoms with E-state index < -0.39 is 4.92 Å². The summed E-state index contributed by atoms with van der Waals surface area (Å²) in [5.74, 6) is 0. The number of nitrogens with two attached hydrogens (primary N) is 1. The fourth-order valence-electron chi connectivity index (χ4n) is 2.46. The predicted octanol–water partition coefficient (Wildman–Crippen LogP) is 4.16. The zero-order valence-corrected chi connectivity index (χ0v) is 13.1. The summed E-state index contributed by atoms with van der Waals surface area (Å²) in [5, 5.41) is 20.8. The highest BCUT2D eigenvalue weighted by Crippen LogP contribution is 2.32. The van der Waals surface area contributed by atoms with Crippen LogP contribution in [0.15, 0.2) is 54.9 Å². The van der Waals surface area contributed by atoms with E-state index in [0.717, 1.165) is 5.56 Å². The Morgan fingerprint density at radius 1 is 1.17 bits per heavy atom. The number of rotatable bonds is 3. The SMILES string of the molecule is N#Cc1cn(-c2ccc([N+](=O)[O-])c(N)c2)cc1-c1ccccc1Cl. The van der Waals surface area contributed by atoms with Gasteiger partial charge in [0.15, 0.2) is 0 Å². The normalized spacial score (nSPS) is 10.3. The maximum atomic E-state index is 10.9. The lowest BCUT2D eigenvalue weighted by Gasteiger charge is -2.05. The number of nitro groups is 1. The van der Waals surface area contributed by atoms with Gasteiger partial charge >= 0.3 is 0 Å². The highest BCUT2D eigenvalue weighted by atomic mass is 35.5.